The molecule has 10 nitrogen and oxygen atoms in total. The number of carbonyl (C=O) groups excluding carboxylic acids is 3. The number of nitrogens with zero attached hydrogens (tertiary/aromatic N) is 2. The number of carbonyl (C=O) groups is 3. The van der Waals surface area contributed by atoms with Gasteiger partial charge in [-0.3, -0.25) is 19.3 Å². The van der Waals surface area contributed by atoms with Gasteiger partial charge in [0.1, 0.15) is 22.8 Å². The Balaban J connectivity index is 1.73. The van der Waals surface area contributed by atoms with E-state index in [4.69, 9.17) is 0 Å². The van der Waals surface area contributed by atoms with Crippen LogP contribution < -0.4 is 10.2 Å². The number of likely N-dealkylation sites (N-methyl/N-ethyl adjacent to an activating group) is 2. The number of hydrogen-bond acceptors (Lipinski definition) is 9. The smallest absolute Gasteiger partial charge is 0.258 e. The number of amides is 1. The van der Waals surface area contributed by atoms with Crippen LogP contribution in [0.25, 0.3) is 5.76 Å². The molecule has 0 bridgehead atoms. The fourth-order valence-electron chi connectivity index (χ4n) is 6.82. The van der Waals surface area contributed by atoms with Crippen LogP contribution in [0.2, 0.25) is 0 Å². The average molecular weight is 562 g/mol. The van der Waals surface area contributed by atoms with Gasteiger partial charge in [-0.15, -0.1) is 0 Å². The van der Waals surface area contributed by atoms with E-state index in [-0.39, 0.29) is 35.3 Å². The van der Waals surface area contributed by atoms with Gasteiger partial charge in [0.25, 0.3) is 5.91 Å². The van der Waals surface area contributed by atoms with Gasteiger partial charge >= 0.3 is 0 Å². The molecular formula is C31H35N3O7. The summed E-state index contributed by atoms with van der Waals surface area (Å²) in [5.41, 5.74) is -0.858. The largest absolute Gasteiger partial charge is 0.508 e. The van der Waals surface area contributed by atoms with Crippen molar-refractivity contribution in [1.82, 2.24) is 10.2 Å². The summed E-state index contributed by atoms with van der Waals surface area (Å²) in [4.78, 5) is 43.6. The first-order chi connectivity index (χ1) is 19.3. The van der Waals surface area contributed by atoms with Gasteiger partial charge in [0.05, 0.1) is 17.2 Å². The van der Waals surface area contributed by atoms with Crippen molar-refractivity contribution in [2.45, 2.75) is 43.7 Å². The number of aromatic hydroxyl groups is 1. The zero-order chi connectivity index (χ0) is 30.0. The van der Waals surface area contributed by atoms with Crippen molar-refractivity contribution in [1.29, 1.82) is 0 Å². The molecule has 1 aromatic rings. The van der Waals surface area contributed by atoms with Crippen LogP contribution in [0, 0.1) is 23.7 Å². The van der Waals surface area contributed by atoms with Gasteiger partial charge in [0.15, 0.2) is 11.4 Å². The molecule has 1 aromatic carbocycles. The maximum Gasteiger partial charge on any atom is 0.258 e. The predicted molar refractivity (Wildman–Crippen MR) is 152 cm³/mol. The van der Waals surface area contributed by atoms with E-state index in [0.717, 1.165) is 24.8 Å². The van der Waals surface area contributed by atoms with Gasteiger partial charge in [0.2, 0.25) is 5.78 Å². The van der Waals surface area contributed by atoms with Crippen molar-refractivity contribution >= 4 is 28.9 Å². The van der Waals surface area contributed by atoms with Crippen molar-refractivity contribution in [2.24, 2.45) is 11.8 Å². The van der Waals surface area contributed by atoms with Crippen LogP contribution in [0.4, 0.5) is 5.69 Å². The number of anilines is 1. The van der Waals surface area contributed by atoms with Crippen LogP contribution in [-0.4, -0.2) is 89.7 Å². The fourth-order valence-corrected chi connectivity index (χ4v) is 6.82. The molecule has 4 aliphatic rings. The topological polar surface area (TPSA) is 151 Å². The first-order valence-electron chi connectivity index (χ1n) is 13.7. The molecule has 1 saturated carbocycles. The van der Waals surface area contributed by atoms with Crippen molar-refractivity contribution < 1.29 is 34.8 Å². The predicted octanol–water partition coefficient (Wildman–Crippen LogP) is 1.75. The molecule has 0 radical (unpaired) electrons. The Morgan fingerprint density at radius 2 is 1.83 bits per heavy atom. The number of phenols is 1. The van der Waals surface area contributed by atoms with Crippen LogP contribution in [0.15, 0.2) is 34.6 Å². The molecule has 4 unspecified atom stereocenters. The molecule has 4 atom stereocenters. The fraction of sp³-hybridized carbons (Fsp3) is 0.452. The summed E-state index contributed by atoms with van der Waals surface area (Å²) in [6.45, 7) is 0. The van der Waals surface area contributed by atoms with Crippen molar-refractivity contribution in [3.8, 4) is 17.6 Å². The summed E-state index contributed by atoms with van der Waals surface area (Å²) >= 11 is 0. The third-order valence-electron chi connectivity index (χ3n) is 8.79. The number of aliphatic hydroxyl groups excluding tert-OH is 2. The second-order valence-electron chi connectivity index (χ2n) is 11.6. The van der Waals surface area contributed by atoms with Crippen molar-refractivity contribution in [3.63, 3.8) is 0 Å². The number of nitrogens with one attached hydrogen (secondary N) is 1. The first-order valence-corrected chi connectivity index (χ1v) is 13.7. The summed E-state index contributed by atoms with van der Waals surface area (Å²) in [7, 11) is 8.13. The number of rotatable bonds is 3. The first kappa shape index (κ1) is 28.5. The number of aliphatic hydroxyl groups is 3. The lowest BCUT2D eigenvalue weighted by atomic mass is 9.57. The average Bonchev–Trinajstić information content (AvgIpc) is 3.43. The molecule has 0 spiro atoms. The summed E-state index contributed by atoms with van der Waals surface area (Å²) in [6, 6.07) is 0.675. The van der Waals surface area contributed by atoms with Gasteiger partial charge in [-0.2, -0.15) is 0 Å². The molecule has 216 valence electrons. The number of ketones is 2. The van der Waals surface area contributed by atoms with E-state index >= 15 is 0 Å². The molecule has 1 amide bonds. The van der Waals surface area contributed by atoms with Crippen LogP contribution >= 0.6 is 0 Å². The van der Waals surface area contributed by atoms with Crippen LogP contribution in [0.3, 0.4) is 0 Å². The standard InChI is InChI=1S/C31H35N3O7/c1-32-30(40)23-27(37)24(34(4)5)19-13-17-12-18-20(33(2)3)14-16(11-10-15-8-6-7-9-15)25(35)22(18)26(36)21(17)28(38)31(19,41)29(23)39/h8,14,17,19,24,35-36,39,41H,6-7,9,12-13H2,1-5H3,(H,32,40). The Kier molecular flexibility index (Phi) is 7.00. The normalized spacial score (nSPS) is 27.1. The van der Waals surface area contributed by atoms with Gasteiger partial charge in [-0.25, -0.2) is 0 Å². The Labute approximate surface area is 238 Å². The minimum absolute atomic E-state index is 0.0496. The monoisotopic (exact) mass is 561 g/mol. The number of Topliss-reactive ketones (excluding diaryl/α,β-unsaturated/α-hetero) is 2. The summed E-state index contributed by atoms with van der Waals surface area (Å²) in [5.74, 6) is -0.0443. The Morgan fingerprint density at radius 1 is 1.12 bits per heavy atom. The maximum atomic E-state index is 14.1. The Bertz CT molecular complexity index is 1540. The highest BCUT2D eigenvalue weighted by Gasteiger charge is 2.64. The lowest BCUT2D eigenvalue weighted by Gasteiger charge is -2.50. The summed E-state index contributed by atoms with van der Waals surface area (Å²) < 4.78 is 0. The molecule has 0 heterocycles. The maximum absolute atomic E-state index is 14.1. The number of allylic oxidation sites excluding steroid dienone is 2. The molecule has 0 aromatic heterocycles. The second-order valence-corrected chi connectivity index (χ2v) is 11.6. The molecule has 4 aliphatic carbocycles. The zero-order valence-corrected chi connectivity index (χ0v) is 23.8. The van der Waals surface area contributed by atoms with Crippen LogP contribution in [0.1, 0.15) is 42.4 Å². The van der Waals surface area contributed by atoms with E-state index in [0.29, 0.717) is 11.3 Å². The number of hydrogen-bond donors (Lipinski definition) is 5. The molecular weight excluding hydrogens is 526 g/mol. The quantitative estimate of drug-likeness (QED) is 0.275. The SMILES string of the molecule is CNC(=O)C1=C(O)C2(O)C(=O)C3=C(O)c4c(O)c(C#CC5=CCCC5)cc(N(C)C)c4CC3CC2C(N(C)C)C1=O. The third kappa shape index (κ3) is 4.14. The highest BCUT2D eigenvalue weighted by atomic mass is 16.3. The Hall–Kier alpha value is -4.07. The van der Waals surface area contributed by atoms with Gasteiger partial charge in [-0.05, 0) is 69.3 Å². The zero-order valence-electron chi connectivity index (χ0n) is 23.8. The number of benzene rings is 1. The van der Waals surface area contributed by atoms with Gasteiger partial charge in [-0.1, -0.05) is 17.9 Å². The van der Waals surface area contributed by atoms with E-state index in [1.165, 1.54) is 11.9 Å². The molecule has 0 saturated heterocycles. The van der Waals surface area contributed by atoms with E-state index in [2.05, 4.69) is 23.2 Å². The van der Waals surface area contributed by atoms with E-state index in [1.54, 1.807) is 20.2 Å². The van der Waals surface area contributed by atoms with Crippen molar-refractivity contribution in [2.75, 3.05) is 40.1 Å². The second kappa shape index (κ2) is 10.1. The van der Waals surface area contributed by atoms with Crippen LogP contribution in [-0.2, 0) is 20.8 Å². The molecule has 0 aliphatic heterocycles. The van der Waals surface area contributed by atoms with Crippen molar-refractivity contribution in [3.05, 3.63) is 51.3 Å². The number of phenolic OH excluding ortho intramolecular Hbond substituents is 1. The molecule has 1 fully saturated rings. The lowest BCUT2D eigenvalue weighted by Crippen LogP contribution is -2.65. The summed E-state index contributed by atoms with van der Waals surface area (Å²) in [5, 5.41) is 48.3. The lowest BCUT2D eigenvalue weighted by molar-refractivity contribution is -0.153. The third-order valence-corrected chi connectivity index (χ3v) is 8.79. The minimum Gasteiger partial charge on any atom is -0.508 e. The van der Waals surface area contributed by atoms with Gasteiger partial charge in [0, 0.05) is 38.3 Å². The summed E-state index contributed by atoms with van der Waals surface area (Å²) in [6.07, 6.45) is 5.17. The minimum atomic E-state index is -2.63. The highest BCUT2D eigenvalue weighted by Crippen LogP contribution is 2.54. The van der Waals surface area contributed by atoms with E-state index in [1.807, 2.05) is 19.0 Å². The molecule has 5 rings (SSSR count). The molecule has 5 N–H and O–H groups in total. The van der Waals surface area contributed by atoms with Crippen LogP contribution in [0.5, 0.6) is 5.75 Å². The highest BCUT2D eigenvalue weighted by molar-refractivity contribution is 6.25. The van der Waals surface area contributed by atoms with Gasteiger partial charge < -0.3 is 30.6 Å². The molecule has 10 heteroatoms. The van der Waals surface area contributed by atoms with E-state index in [9.17, 15) is 34.8 Å². The Morgan fingerprint density at radius 3 is 2.41 bits per heavy atom. The van der Waals surface area contributed by atoms with E-state index < -0.39 is 58.0 Å². The number of fused-ring (bicyclic) bond motifs is 3. The molecule has 41 heavy (non-hydrogen) atoms.